The van der Waals surface area contributed by atoms with Crippen LogP contribution < -0.4 is 10.5 Å². The largest absolute Gasteiger partial charge is 0.433 e. The number of nitrogens with two attached hydrogens (primary N) is 1. The van der Waals surface area contributed by atoms with Crippen molar-refractivity contribution in [2.24, 2.45) is 0 Å². The molecule has 21 heavy (non-hydrogen) atoms. The van der Waals surface area contributed by atoms with Crippen LogP contribution in [0.1, 0.15) is 5.56 Å². The maximum absolute atomic E-state index is 10.9. The molecule has 9 nitrogen and oxygen atoms in total. The number of nitrogens with zero attached hydrogens (tertiary/aromatic N) is 3. The van der Waals surface area contributed by atoms with E-state index < -0.39 is 9.85 Å². The third kappa shape index (κ3) is 3.03. The lowest BCUT2D eigenvalue weighted by Crippen LogP contribution is -2.00. The summed E-state index contributed by atoms with van der Waals surface area (Å²) in [5, 5.41) is 21.7. The first-order chi connectivity index (χ1) is 9.88. The Kier molecular flexibility index (Phi) is 3.65. The molecule has 0 amide bonds. The van der Waals surface area contributed by atoms with Gasteiger partial charge in [0.1, 0.15) is 11.6 Å². The van der Waals surface area contributed by atoms with Crippen molar-refractivity contribution < 1.29 is 14.6 Å². The number of nitro groups is 2. The molecule has 1 aromatic carbocycles. The summed E-state index contributed by atoms with van der Waals surface area (Å²) in [6, 6.07) is 6.38. The van der Waals surface area contributed by atoms with E-state index in [0.717, 1.165) is 6.07 Å². The minimum Gasteiger partial charge on any atom is -0.433 e. The highest BCUT2D eigenvalue weighted by molar-refractivity contribution is 5.51. The second-order valence-electron chi connectivity index (χ2n) is 4.13. The number of non-ortho nitro benzene ring substituents is 1. The van der Waals surface area contributed by atoms with E-state index in [1.165, 1.54) is 24.3 Å². The van der Waals surface area contributed by atoms with Crippen LogP contribution in [0.25, 0.3) is 0 Å². The SMILES string of the molecule is Cc1ccc([N+](=O)[O-])cc1Oc1nc(N)ccc1[N+](=O)[O-]. The molecule has 0 unspecified atom stereocenters. The van der Waals surface area contributed by atoms with Crippen LogP contribution in [0.5, 0.6) is 11.6 Å². The highest BCUT2D eigenvalue weighted by atomic mass is 16.6. The zero-order valence-corrected chi connectivity index (χ0v) is 10.8. The summed E-state index contributed by atoms with van der Waals surface area (Å²) < 4.78 is 5.34. The molecule has 9 heteroatoms. The Hall–Kier alpha value is -3.23. The van der Waals surface area contributed by atoms with Gasteiger partial charge in [-0.15, -0.1) is 0 Å². The standard InChI is InChI=1S/C12H10N4O5/c1-7-2-3-8(15(17)18)6-10(7)21-12-9(16(19)20)4-5-11(13)14-12/h2-6H,1H3,(H2,13,14). The summed E-state index contributed by atoms with van der Waals surface area (Å²) in [5.41, 5.74) is 5.47. The maximum atomic E-state index is 10.9. The number of nitro benzene ring substituents is 1. The average Bonchev–Trinajstić information content (AvgIpc) is 2.40. The highest BCUT2D eigenvalue weighted by Crippen LogP contribution is 2.33. The molecular weight excluding hydrogens is 280 g/mol. The van der Waals surface area contributed by atoms with Crippen molar-refractivity contribution in [1.29, 1.82) is 0 Å². The van der Waals surface area contributed by atoms with Crippen molar-refractivity contribution in [3.8, 4) is 11.6 Å². The molecule has 2 rings (SSSR count). The fourth-order valence-corrected chi connectivity index (χ4v) is 1.58. The molecule has 0 aliphatic heterocycles. The lowest BCUT2D eigenvalue weighted by Gasteiger charge is -2.08. The van der Waals surface area contributed by atoms with Gasteiger partial charge in [-0.05, 0) is 24.6 Å². The van der Waals surface area contributed by atoms with Gasteiger partial charge in [0, 0.05) is 12.1 Å². The first-order valence-corrected chi connectivity index (χ1v) is 5.72. The van der Waals surface area contributed by atoms with Crippen molar-refractivity contribution in [1.82, 2.24) is 4.98 Å². The van der Waals surface area contributed by atoms with Gasteiger partial charge >= 0.3 is 11.6 Å². The molecule has 0 fully saturated rings. The van der Waals surface area contributed by atoms with E-state index in [-0.39, 0.29) is 28.8 Å². The molecule has 0 atom stereocenters. The molecule has 1 aromatic heterocycles. The van der Waals surface area contributed by atoms with Crippen LogP contribution in [-0.4, -0.2) is 14.8 Å². The summed E-state index contributed by atoms with van der Waals surface area (Å²) >= 11 is 0. The first-order valence-electron chi connectivity index (χ1n) is 5.72. The molecule has 0 spiro atoms. The van der Waals surface area contributed by atoms with Gasteiger partial charge in [-0.3, -0.25) is 20.2 Å². The molecule has 0 saturated carbocycles. The second-order valence-corrected chi connectivity index (χ2v) is 4.13. The van der Waals surface area contributed by atoms with E-state index in [9.17, 15) is 20.2 Å². The number of nitrogen functional groups attached to an aromatic ring is 1. The van der Waals surface area contributed by atoms with Crippen molar-refractivity contribution >= 4 is 17.2 Å². The van der Waals surface area contributed by atoms with Gasteiger partial charge in [-0.2, -0.15) is 4.98 Å². The quantitative estimate of drug-likeness (QED) is 0.675. The fraction of sp³-hybridized carbons (Fsp3) is 0.0833. The number of rotatable bonds is 4. The Morgan fingerprint density at radius 2 is 1.86 bits per heavy atom. The van der Waals surface area contributed by atoms with Gasteiger partial charge in [0.15, 0.2) is 0 Å². The zero-order chi connectivity index (χ0) is 15.6. The number of ether oxygens (including phenoxy) is 1. The summed E-state index contributed by atoms with van der Waals surface area (Å²) in [7, 11) is 0. The average molecular weight is 290 g/mol. The summed E-state index contributed by atoms with van der Waals surface area (Å²) in [6.07, 6.45) is 0. The van der Waals surface area contributed by atoms with E-state index in [1.54, 1.807) is 6.92 Å². The van der Waals surface area contributed by atoms with Crippen LogP contribution in [0.3, 0.4) is 0 Å². The first kappa shape index (κ1) is 14.2. The molecule has 108 valence electrons. The van der Waals surface area contributed by atoms with Crippen molar-refractivity contribution in [2.45, 2.75) is 6.92 Å². The number of hydrogen-bond acceptors (Lipinski definition) is 7. The minimum absolute atomic E-state index is 0.0404. The van der Waals surface area contributed by atoms with Crippen molar-refractivity contribution in [3.63, 3.8) is 0 Å². The van der Waals surface area contributed by atoms with Gasteiger partial charge < -0.3 is 10.5 Å². The van der Waals surface area contributed by atoms with Gasteiger partial charge in [-0.1, -0.05) is 0 Å². The van der Waals surface area contributed by atoms with E-state index in [0.29, 0.717) is 5.56 Å². The summed E-state index contributed by atoms with van der Waals surface area (Å²) in [6.45, 7) is 1.65. The Morgan fingerprint density at radius 3 is 2.48 bits per heavy atom. The van der Waals surface area contributed by atoms with Crippen LogP contribution in [0.4, 0.5) is 17.2 Å². The molecule has 0 bridgehead atoms. The van der Waals surface area contributed by atoms with Crippen LogP contribution >= 0.6 is 0 Å². The van der Waals surface area contributed by atoms with E-state index in [1.807, 2.05) is 0 Å². The molecule has 2 aromatic rings. The Balaban J connectivity index is 2.47. The number of aromatic nitrogens is 1. The number of pyridine rings is 1. The predicted octanol–water partition coefficient (Wildman–Crippen LogP) is 2.58. The predicted molar refractivity (Wildman–Crippen MR) is 73.2 cm³/mol. The van der Waals surface area contributed by atoms with Crippen LogP contribution in [0.2, 0.25) is 0 Å². The van der Waals surface area contributed by atoms with Gasteiger partial charge in [0.05, 0.1) is 15.9 Å². The number of aryl methyl sites for hydroxylation is 1. The lowest BCUT2D eigenvalue weighted by molar-refractivity contribution is -0.386. The van der Waals surface area contributed by atoms with Gasteiger partial charge in [0.2, 0.25) is 0 Å². The number of anilines is 1. The third-order valence-electron chi connectivity index (χ3n) is 2.65. The minimum atomic E-state index is -0.672. The highest BCUT2D eigenvalue weighted by Gasteiger charge is 2.20. The molecule has 0 aliphatic carbocycles. The Morgan fingerprint density at radius 1 is 1.14 bits per heavy atom. The van der Waals surface area contributed by atoms with Crippen LogP contribution in [0, 0.1) is 27.2 Å². The van der Waals surface area contributed by atoms with Gasteiger partial charge in [-0.25, -0.2) is 0 Å². The lowest BCUT2D eigenvalue weighted by atomic mass is 10.2. The normalized spacial score (nSPS) is 10.1. The zero-order valence-electron chi connectivity index (χ0n) is 10.8. The monoisotopic (exact) mass is 290 g/mol. The van der Waals surface area contributed by atoms with Crippen LogP contribution in [-0.2, 0) is 0 Å². The fourth-order valence-electron chi connectivity index (χ4n) is 1.58. The summed E-state index contributed by atoms with van der Waals surface area (Å²) in [4.78, 5) is 24.2. The molecule has 2 N–H and O–H groups in total. The Labute approximate surface area is 118 Å². The van der Waals surface area contributed by atoms with Crippen molar-refractivity contribution in [2.75, 3.05) is 5.73 Å². The van der Waals surface area contributed by atoms with Crippen LogP contribution in [0.15, 0.2) is 30.3 Å². The van der Waals surface area contributed by atoms with E-state index in [2.05, 4.69) is 4.98 Å². The third-order valence-corrected chi connectivity index (χ3v) is 2.65. The number of benzene rings is 1. The molecule has 1 heterocycles. The van der Waals surface area contributed by atoms with E-state index >= 15 is 0 Å². The van der Waals surface area contributed by atoms with Gasteiger partial charge in [0.25, 0.3) is 5.69 Å². The number of hydrogen-bond donors (Lipinski definition) is 1. The topological polar surface area (TPSA) is 134 Å². The second kappa shape index (κ2) is 5.41. The Bertz CT molecular complexity index is 732. The summed E-state index contributed by atoms with van der Waals surface area (Å²) in [5.74, 6) is -0.173. The molecule has 0 saturated heterocycles. The molecule has 0 aliphatic rings. The molecular formula is C12H10N4O5. The van der Waals surface area contributed by atoms with E-state index in [4.69, 9.17) is 10.5 Å². The maximum Gasteiger partial charge on any atom is 0.331 e. The molecule has 0 radical (unpaired) electrons. The smallest absolute Gasteiger partial charge is 0.331 e. The van der Waals surface area contributed by atoms with Crippen molar-refractivity contribution in [3.05, 3.63) is 56.1 Å².